The number of amides is 1. The second kappa shape index (κ2) is 8.06. The predicted octanol–water partition coefficient (Wildman–Crippen LogP) is 1.79. The summed E-state index contributed by atoms with van der Waals surface area (Å²) >= 11 is 5.87. The van der Waals surface area contributed by atoms with Crippen LogP contribution in [-0.2, 0) is 9.53 Å². The van der Waals surface area contributed by atoms with E-state index in [0.29, 0.717) is 13.2 Å². The van der Waals surface area contributed by atoms with E-state index >= 15 is 0 Å². The van der Waals surface area contributed by atoms with Crippen molar-refractivity contribution in [2.24, 2.45) is 5.92 Å². The molecule has 0 saturated carbocycles. The highest BCUT2D eigenvalue weighted by Crippen LogP contribution is 2.04. The molecule has 0 aromatic rings. The molecule has 84 valence electrons. The molecular weight excluding hydrogens is 202 g/mol. The van der Waals surface area contributed by atoms with Crippen molar-refractivity contribution in [2.75, 3.05) is 20.3 Å². The first-order valence-electron chi connectivity index (χ1n) is 5.02. The molecule has 0 aliphatic carbocycles. The Labute approximate surface area is 91.2 Å². The molecule has 3 nitrogen and oxygen atoms in total. The third kappa shape index (κ3) is 6.22. The van der Waals surface area contributed by atoms with Gasteiger partial charge in [0.1, 0.15) is 0 Å². The van der Waals surface area contributed by atoms with Crippen LogP contribution in [0.15, 0.2) is 0 Å². The van der Waals surface area contributed by atoms with E-state index in [9.17, 15) is 4.79 Å². The lowest BCUT2D eigenvalue weighted by molar-refractivity contribution is -0.124. The SMILES string of the molecule is CCCC(C)C(=O)NCC(Cl)COC. The molecule has 2 unspecified atom stereocenters. The molecule has 0 fully saturated rings. The van der Waals surface area contributed by atoms with Gasteiger partial charge in [-0.15, -0.1) is 11.6 Å². The summed E-state index contributed by atoms with van der Waals surface area (Å²) in [4.78, 5) is 11.4. The molecule has 0 spiro atoms. The fraction of sp³-hybridized carbons (Fsp3) is 0.900. The van der Waals surface area contributed by atoms with Gasteiger partial charge in [0.2, 0.25) is 5.91 Å². The lowest BCUT2D eigenvalue weighted by Gasteiger charge is -2.13. The number of rotatable bonds is 7. The average molecular weight is 222 g/mol. The van der Waals surface area contributed by atoms with Gasteiger partial charge in [-0.3, -0.25) is 4.79 Å². The highest BCUT2D eigenvalue weighted by Gasteiger charge is 2.12. The monoisotopic (exact) mass is 221 g/mol. The number of methoxy groups -OCH3 is 1. The molecule has 0 aromatic carbocycles. The number of alkyl halides is 1. The molecule has 0 saturated heterocycles. The van der Waals surface area contributed by atoms with Gasteiger partial charge in [-0.25, -0.2) is 0 Å². The molecule has 1 N–H and O–H groups in total. The van der Waals surface area contributed by atoms with Crippen molar-refractivity contribution in [3.05, 3.63) is 0 Å². The Hall–Kier alpha value is -0.280. The Balaban J connectivity index is 3.61. The van der Waals surface area contributed by atoms with Crippen LogP contribution >= 0.6 is 11.6 Å². The van der Waals surface area contributed by atoms with Gasteiger partial charge in [0.05, 0.1) is 12.0 Å². The first kappa shape index (κ1) is 13.7. The molecule has 0 rings (SSSR count). The molecule has 0 aromatic heterocycles. The van der Waals surface area contributed by atoms with Crippen LogP contribution < -0.4 is 5.32 Å². The number of halogens is 1. The van der Waals surface area contributed by atoms with Gasteiger partial charge in [-0.05, 0) is 6.42 Å². The van der Waals surface area contributed by atoms with Crippen molar-refractivity contribution >= 4 is 17.5 Å². The molecular formula is C10H20ClNO2. The van der Waals surface area contributed by atoms with Crippen LogP contribution in [0.2, 0.25) is 0 Å². The van der Waals surface area contributed by atoms with Crippen molar-refractivity contribution in [3.8, 4) is 0 Å². The van der Waals surface area contributed by atoms with E-state index in [1.165, 1.54) is 0 Å². The van der Waals surface area contributed by atoms with Gasteiger partial charge in [0.15, 0.2) is 0 Å². The van der Waals surface area contributed by atoms with Crippen LogP contribution in [0.1, 0.15) is 26.7 Å². The molecule has 0 bridgehead atoms. The quantitative estimate of drug-likeness (QED) is 0.666. The minimum absolute atomic E-state index is 0.0754. The Bertz CT molecular complexity index is 164. The molecule has 0 aliphatic heterocycles. The number of carbonyl (C=O) groups excluding carboxylic acids is 1. The van der Waals surface area contributed by atoms with Crippen LogP contribution in [-0.4, -0.2) is 31.5 Å². The van der Waals surface area contributed by atoms with Crippen molar-refractivity contribution in [1.29, 1.82) is 0 Å². The van der Waals surface area contributed by atoms with E-state index in [-0.39, 0.29) is 17.2 Å². The summed E-state index contributed by atoms with van der Waals surface area (Å²) in [6.07, 6.45) is 1.94. The first-order valence-corrected chi connectivity index (χ1v) is 5.46. The lowest BCUT2D eigenvalue weighted by Crippen LogP contribution is -2.35. The molecule has 4 heteroatoms. The van der Waals surface area contributed by atoms with Crippen molar-refractivity contribution < 1.29 is 9.53 Å². The third-order valence-corrected chi connectivity index (χ3v) is 2.29. The molecule has 0 heterocycles. The summed E-state index contributed by atoms with van der Waals surface area (Å²) in [7, 11) is 1.59. The van der Waals surface area contributed by atoms with Crippen LogP contribution in [0.4, 0.5) is 0 Å². The Morgan fingerprint density at radius 1 is 1.57 bits per heavy atom. The van der Waals surface area contributed by atoms with Crippen LogP contribution in [0.5, 0.6) is 0 Å². The zero-order valence-corrected chi connectivity index (χ0v) is 9.93. The van der Waals surface area contributed by atoms with Crippen molar-refractivity contribution in [2.45, 2.75) is 32.1 Å². The van der Waals surface area contributed by atoms with Crippen molar-refractivity contribution in [1.82, 2.24) is 5.32 Å². The van der Waals surface area contributed by atoms with E-state index in [4.69, 9.17) is 16.3 Å². The zero-order valence-electron chi connectivity index (χ0n) is 9.18. The third-order valence-electron chi connectivity index (χ3n) is 2.01. The van der Waals surface area contributed by atoms with Gasteiger partial charge in [-0.2, -0.15) is 0 Å². The highest BCUT2D eigenvalue weighted by atomic mass is 35.5. The summed E-state index contributed by atoms with van der Waals surface area (Å²) in [5, 5.41) is 2.66. The Morgan fingerprint density at radius 2 is 2.21 bits per heavy atom. The molecule has 0 radical (unpaired) electrons. The number of nitrogens with one attached hydrogen (secondary N) is 1. The summed E-state index contributed by atoms with van der Waals surface area (Å²) in [5.41, 5.74) is 0. The van der Waals surface area contributed by atoms with Gasteiger partial charge in [0, 0.05) is 19.6 Å². The Morgan fingerprint density at radius 3 is 2.71 bits per heavy atom. The fourth-order valence-corrected chi connectivity index (χ4v) is 1.39. The van der Waals surface area contributed by atoms with E-state index in [0.717, 1.165) is 12.8 Å². The zero-order chi connectivity index (χ0) is 11.0. The number of carbonyl (C=O) groups is 1. The van der Waals surface area contributed by atoms with E-state index in [1.54, 1.807) is 7.11 Å². The smallest absolute Gasteiger partial charge is 0.222 e. The summed E-state index contributed by atoms with van der Waals surface area (Å²) in [6.45, 7) is 4.93. The normalized spacial score (nSPS) is 14.9. The number of hydrogen-bond donors (Lipinski definition) is 1. The molecule has 0 aliphatic rings. The lowest BCUT2D eigenvalue weighted by atomic mass is 10.1. The second-order valence-electron chi connectivity index (χ2n) is 3.49. The van der Waals surface area contributed by atoms with Crippen LogP contribution in [0.3, 0.4) is 0 Å². The standard InChI is InChI=1S/C10H20ClNO2/c1-4-5-8(2)10(13)12-6-9(11)7-14-3/h8-9H,4-7H2,1-3H3,(H,12,13). The van der Waals surface area contributed by atoms with Crippen LogP contribution in [0.25, 0.3) is 0 Å². The maximum Gasteiger partial charge on any atom is 0.222 e. The Kier molecular flexibility index (Phi) is 7.90. The van der Waals surface area contributed by atoms with Crippen molar-refractivity contribution in [3.63, 3.8) is 0 Å². The van der Waals surface area contributed by atoms with E-state index in [1.807, 2.05) is 6.92 Å². The minimum atomic E-state index is -0.141. The van der Waals surface area contributed by atoms with Crippen LogP contribution in [0, 0.1) is 5.92 Å². The van der Waals surface area contributed by atoms with Gasteiger partial charge in [0.25, 0.3) is 0 Å². The molecule has 1 amide bonds. The molecule has 2 atom stereocenters. The summed E-state index contributed by atoms with van der Waals surface area (Å²) < 4.78 is 4.86. The maximum absolute atomic E-state index is 11.4. The summed E-state index contributed by atoms with van der Waals surface area (Å²) in [5.74, 6) is 0.153. The molecule has 14 heavy (non-hydrogen) atoms. The summed E-state index contributed by atoms with van der Waals surface area (Å²) in [6, 6.07) is 0. The average Bonchev–Trinajstić information content (AvgIpc) is 2.15. The van der Waals surface area contributed by atoms with Gasteiger partial charge in [-0.1, -0.05) is 20.3 Å². The second-order valence-corrected chi connectivity index (χ2v) is 4.10. The number of hydrogen-bond acceptors (Lipinski definition) is 2. The minimum Gasteiger partial charge on any atom is -0.383 e. The van der Waals surface area contributed by atoms with Gasteiger partial charge < -0.3 is 10.1 Å². The topological polar surface area (TPSA) is 38.3 Å². The number of ether oxygens (including phenoxy) is 1. The maximum atomic E-state index is 11.4. The van der Waals surface area contributed by atoms with E-state index < -0.39 is 0 Å². The predicted molar refractivity (Wildman–Crippen MR) is 58.6 cm³/mol. The van der Waals surface area contributed by atoms with Gasteiger partial charge >= 0.3 is 0 Å². The fourth-order valence-electron chi connectivity index (χ4n) is 1.19. The first-order chi connectivity index (χ1) is 6.61. The highest BCUT2D eigenvalue weighted by molar-refractivity contribution is 6.21. The largest absolute Gasteiger partial charge is 0.383 e. The van der Waals surface area contributed by atoms with E-state index in [2.05, 4.69) is 12.2 Å².